The maximum atomic E-state index is 5.08. The van der Waals surface area contributed by atoms with Crippen molar-refractivity contribution in [2.24, 2.45) is 0 Å². The van der Waals surface area contributed by atoms with Crippen molar-refractivity contribution in [3.8, 4) is 0 Å². The highest BCUT2D eigenvalue weighted by Gasteiger charge is 1.86. The molecule has 0 radical (unpaired) electrons. The van der Waals surface area contributed by atoms with Gasteiger partial charge in [0.15, 0.2) is 0 Å². The van der Waals surface area contributed by atoms with E-state index in [9.17, 15) is 0 Å². The highest BCUT2D eigenvalue weighted by atomic mass is 32.1. The van der Waals surface area contributed by atoms with Crippen LogP contribution in [-0.2, 0) is 0 Å². The number of rotatable bonds is 0. The fourth-order valence-electron chi connectivity index (χ4n) is 1.69. The van der Waals surface area contributed by atoms with E-state index >= 15 is 0 Å². The van der Waals surface area contributed by atoms with E-state index in [0.717, 1.165) is 17.3 Å². The van der Waals surface area contributed by atoms with Gasteiger partial charge >= 0.3 is 0 Å². The zero-order valence-electron chi connectivity index (χ0n) is 13.7. The van der Waals surface area contributed by atoms with Crippen LogP contribution in [-0.4, -0.2) is 0 Å². The molecule has 0 saturated carbocycles. The first-order valence-corrected chi connectivity index (χ1v) is 7.76. The van der Waals surface area contributed by atoms with Gasteiger partial charge in [0.1, 0.15) is 17.3 Å². The Bertz CT molecular complexity index is 503. The summed E-state index contributed by atoms with van der Waals surface area (Å²) in [5.74, 6) is 2.95. The minimum Gasteiger partial charge on any atom is -0.469 e. The zero-order valence-corrected chi connectivity index (χ0v) is 14.5. The smallest absolute Gasteiger partial charge is 0.101 e. The molecule has 0 aliphatic heterocycles. The third-order valence-electron chi connectivity index (χ3n) is 2.61. The van der Waals surface area contributed by atoms with E-state index in [-0.39, 0.29) is 0 Å². The molecule has 3 heteroatoms. The summed E-state index contributed by atoms with van der Waals surface area (Å²) < 4.78 is 10.0. The fourth-order valence-corrected chi connectivity index (χ4v) is 2.47. The first-order chi connectivity index (χ1) is 9.86. The standard InChI is InChI=1S/2C6H8O.C6H8S/c1-5-3-6(2)7-4-5;2*1-5-3-4-6(2)7-5/h3*3-4H,1-2H3. The number of furan rings is 2. The monoisotopic (exact) mass is 304 g/mol. The van der Waals surface area contributed by atoms with Crippen molar-refractivity contribution in [3.05, 3.63) is 69.2 Å². The van der Waals surface area contributed by atoms with Gasteiger partial charge in [-0.15, -0.1) is 11.3 Å². The molecule has 0 aliphatic rings. The van der Waals surface area contributed by atoms with Crippen molar-refractivity contribution in [2.45, 2.75) is 41.5 Å². The van der Waals surface area contributed by atoms with E-state index in [1.54, 1.807) is 6.26 Å². The van der Waals surface area contributed by atoms with Crippen LogP contribution in [0.3, 0.4) is 0 Å². The summed E-state index contributed by atoms with van der Waals surface area (Å²) >= 11 is 1.84. The van der Waals surface area contributed by atoms with Crippen LogP contribution in [0.2, 0.25) is 0 Å². The van der Waals surface area contributed by atoms with Crippen LogP contribution in [0.4, 0.5) is 0 Å². The number of hydrogen-bond acceptors (Lipinski definition) is 3. The van der Waals surface area contributed by atoms with Crippen molar-refractivity contribution in [3.63, 3.8) is 0 Å². The van der Waals surface area contributed by atoms with E-state index in [4.69, 9.17) is 8.83 Å². The maximum absolute atomic E-state index is 5.08. The van der Waals surface area contributed by atoms with E-state index < -0.39 is 0 Å². The average Bonchev–Trinajstić information content (AvgIpc) is 3.06. The highest BCUT2D eigenvalue weighted by Crippen LogP contribution is 2.12. The summed E-state index contributed by atoms with van der Waals surface area (Å²) in [7, 11) is 0. The van der Waals surface area contributed by atoms with Gasteiger partial charge in [-0.2, -0.15) is 0 Å². The summed E-state index contributed by atoms with van der Waals surface area (Å²) in [6.45, 7) is 12.1. The molecule has 0 N–H and O–H groups in total. The second-order valence-electron chi connectivity index (χ2n) is 5.05. The molecule has 3 heterocycles. The maximum Gasteiger partial charge on any atom is 0.101 e. The van der Waals surface area contributed by atoms with Gasteiger partial charge in [0, 0.05) is 9.75 Å². The van der Waals surface area contributed by atoms with Crippen LogP contribution in [0.25, 0.3) is 0 Å². The van der Waals surface area contributed by atoms with Gasteiger partial charge in [-0.25, -0.2) is 0 Å². The Kier molecular flexibility index (Phi) is 7.03. The van der Waals surface area contributed by atoms with Crippen molar-refractivity contribution in [1.82, 2.24) is 0 Å². The number of thiophene rings is 1. The summed E-state index contributed by atoms with van der Waals surface area (Å²) in [5, 5.41) is 0. The number of aryl methyl sites for hydroxylation is 6. The summed E-state index contributed by atoms with van der Waals surface area (Å²) in [6, 6.07) is 10.2. The Morgan fingerprint density at radius 3 is 1.38 bits per heavy atom. The van der Waals surface area contributed by atoms with E-state index in [0.29, 0.717) is 0 Å². The molecule has 3 aromatic rings. The second kappa shape index (κ2) is 8.53. The Hall–Kier alpha value is -1.74. The molecule has 0 fully saturated rings. The molecule has 114 valence electrons. The number of hydrogen-bond donors (Lipinski definition) is 0. The van der Waals surface area contributed by atoms with Crippen LogP contribution in [0, 0.1) is 41.5 Å². The van der Waals surface area contributed by atoms with Gasteiger partial charge < -0.3 is 8.83 Å². The SMILES string of the molecule is Cc1ccc(C)o1.Cc1ccc(C)s1.Cc1coc(C)c1. The molecule has 0 amide bonds. The first-order valence-electron chi connectivity index (χ1n) is 6.94. The lowest BCUT2D eigenvalue weighted by atomic mass is 10.4. The van der Waals surface area contributed by atoms with Gasteiger partial charge in [-0.1, -0.05) is 0 Å². The minimum absolute atomic E-state index is 0.984. The molecule has 0 spiro atoms. The van der Waals surface area contributed by atoms with E-state index in [2.05, 4.69) is 26.0 Å². The molecule has 0 unspecified atom stereocenters. The quantitative estimate of drug-likeness (QED) is 0.497. The molecule has 0 aromatic carbocycles. The van der Waals surface area contributed by atoms with Crippen LogP contribution < -0.4 is 0 Å². The molecule has 3 aromatic heterocycles. The second-order valence-corrected chi connectivity index (χ2v) is 6.54. The Balaban J connectivity index is 0.000000157. The van der Waals surface area contributed by atoms with E-state index in [1.165, 1.54) is 15.3 Å². The van der Waals surface area contributed by atoms with Gasteiger partial charge in [0.25, 0.3) is 0 Å². The van der Waals surface area contributed by atoms with Crippen LogP contribution in [0.5, 0.6) is 0 Å². The minimum atomic E-state index is 0.984. The van der Waals surface area contributed by atoms with Gasteiger partial charge in [0.05, 0.1) is 6.26 Å². The predicted octanol–water partition coefficient (Wildman–Crippen LogP) is 6.16. The molecule has 21 heavy (non-hydrogen) atoms. The summed E-state index contributed by atoms with van der Waals surface area (Å²) in [4.78, 5) is 2.80. The van der Waals surface area contributed by atoms with Crippen molar-refractivity contribution < 1.29 is 8.83 Å². The molecule has 0 atom stereocenters. The van der Waals surface area contributed by atoms with Crippen LogP contribution >= 0.6 is 11.3 Å². The zero-order chi connectivity index (χ0) is 15.8. The van der Waals surface area contributed by atoms with Gasteiger partial charge in [-0.05, 0) is 77.4 Å². The van der Waals surface area contributed by atoms with E-state index in [1.807, 2.05) is 57.2 Å². The van der Waals surface area contributed by atoms with Crippen LogP contribution in [0.15, 0.2) is 45.4 Å². The Labute approximate surface area is 131 Å². The lowest BCUT2D eigenvalue weighted by Crippen LogP contribution is -1.53. The topological polar surface area (TPSA) is 26.3 Å². The van der Waals surface area contributed by atoms with Crippen molar-refractivity contribution >= 4 is 11.3 Å². The summed E-state index contributed by atoms with van der Waals surface area (Å²) in [5.41, 5.74) is 1.19. The Morgan fingerprint density at radius 1 is 0.714 bits per heavy atom. The molecule has 0 aliphatic carbocycles. The molecule has 0 bridgehead atoms. The molecule has 2 nitrogen and oxygen atoms in total. The third-order valence-corrected chi connectivity index (χ3v) is 3.53. The lowest BCUT2D eigenvalue weighted by Gasteiger charge is -1.76. The van der Waals surface area contributed by atoms with Crippen molar-refractivity contribution in [2.75, 3.05) is 0 Å². The average molecular weight is 304 g/mol. The van der Waals surface area contributed by atoms with Gasteiger partial charge in [-0.3, -0.25) is 0 Å². The van der Waals surface area contributed by atoms with Gasteiger partial charge in [0.2, 0.25) is 0 Å². The Morgan fingerprint density at radius 2 is 1.24 bits per heavy atom. The normalized spacial score (nSPS) is 9.43. The highest BCUT2D eigenvalue weighted by molar-refractivity contribution is 7.11. The molecular weight excluding hydrogens is 280 g/mol. The van der Waals surface area contributed by atoms with Crippen molar-refractivity contribution in [1.29, 1.82) is 0 Å². The fraction of sp³-hybridized carbons (Fsp3) is 0.333. The molecular formula is C18H24O2S. The summed E-state index contributed by atoms with van der Waals surface area (Å²) in [6.07, 6.45) is 1.75. The third kappa shape index (κ3) is 7.57. The lowest BCUT2D eigenvalue weighted by molar-refractivity contribution is 0.504. The largest absolute Gasteiger partial charge is 0.469 e. The predicted molar refractivity (Wildman–Crippen MR) is 90.2 cm³/mol. The molecule has 0 saturated heterocycles. The van der Waals surface area contributed by atoms with Crippen LogP contribution in [0.1, 0.15) is 32.6 Å². The molecule has 3 rings (SSSR count). The first kappa shape index (κ1) is 17.3.